The summed E-state index contributed by atoms with van der Waals surface area (Å²) in [5.41, 5.74) is 2.05. The Labute approximate surface area is 165 Å². The van der Waals surface area contributed by atoms with Crippen molar-refractivity contribution in [1.29, 1.82) is 0 Å². The van der Waals surface area contributed by atoms with E-state index in [1.807, 2.05) is 6.92 Å². The van der Waals surface area contributed by atoms with Crippen molar-refractivity contribution in [3.8, 4) is 0 Å². The van der Waals surface area contributed by atoms with E-state index in [9.17, 15) is 18.0 Å². The molecule has 0 aliphatic rings. The number of amides is 1. The third-order valence-electron chi connectivity index (χ3n) is 4.02. The van der Waals surface area contributed by atoms with Gasteiger partial charge in [0.2, 0.25) is 15.9 Å². The Morgan fingerprint density at radius 3 is 2.36 bits per heavy atom. The van der Waals surface area contributed by atoms with Crippen LogP contribution in [0.3, 0.4) is 0 Å². The lowest BCUT2D eigenvalue weighted by Crippen LogP contribution is -2.45. The van der Waals surface area contributed by atoms with Gasteiger partial charge < -0.3 is 10.1 Å². The molecule has 2 aromatic rings. The molecule has 0 aliphatic heterocycles. The molecule has 0 radical (unpaired) electrons. The molecule has 1 N–H and O–H groups in total. The fourth-order valence-corrected chi connectivity index (χ4v) is 3.86. The van der Waals surface area contributed by atoms with E-state index in [1.165, 1.54) is 13.0 Å². The number of ether oxygens (including phenoxy) is 1. The summed E-state index contributed by atoms with van der Waals surface area (Å²) in [5.74, 6) is -1.02. The molecule has 1 amide bonds. The topological polar surface area (TPSA) is 92.8 Å². The predicted octanol–water partition coefficient (Wildman–Crippen LogP) is 2.96. The van der Waals surface area contributed by atoms with Gasteiger partial charge in [0.25, 0.3) is 0 Å². The Morgan fingerprint density at radius 2 is 1.79 bits per heavy atom. The van der Waals surface area contributed by atoms with Crippen LogP contribution in [0.5, 0.6) is 0 Å². The van der Waals surface area contributed by atoms with Gasteiger partial charge in [-0.25, -0.2) is 13.2 Å². The van der Waals surface area contributed by atoms with E-state index in [2.05, 4.69) is 5.32 Å². The third kappa shape index (κ3) is 5.32. The second-order valence-corrected chi connectivity index (χ2v) is 8.22. The molecule has 2 aromatic carbocycles. The van der Waals surface area contributed by atoms with Crippen LogP contribution >= 0.6 is 0 Å². The Bertz CT molecular complexity index is 955. The van der Waals surface area contributed by atoms with Crippen molar-refractivity contribution in [1.82, 2.24) is 0 Å². The number of anilines is 2. The summed E-state index contributed by atoms with van der Waals surface area (Å²) >= 11 is 0. The molecule has 7 nitrogen and oxygen atoms in total. The molecule has 0 fully saturated rings. The van der Waals surface area contributed by atoms with Gasteiger partial charge in [-0.05, 0) is 51.1 Å². The SMILES string of the molecule is CCOC(=O)c1cccc(NC(=O)[C@H](C)N(c2ccc(C)cc2)S(C)(=O)=O)c1. The van der Waals surface area contributed by atoms with Gasteiger partial charge in [-0.2, -0.15) is 0 Å². The van der Waals surface area contributed by atoms with E-state index in [0.29, 0.717) is 16.9 Å². The molecule has 0 aromatic heterocycles. The molecule has 150 valence electrons. The molecule has 28 heavy (non-hydrogen) atoms. The lowest BCUT2D eigenvalue weighted by atomic mass is 10.2. The zero-order valence-corrected chi connectivity index (χ0v) is 17.1. The highest BCUT2D eigenvalue weighted by Crippen LogP contribution is 2.22. The lowest BCUT2D eigenvalue weighted by molar-refractivity contribution is -0.116. The Kier molecular flexibility index (Phi) is 6.80. The van der Waals surface area contributed by atoms with Crippen LogP contribution in [-0.4, -0.2) is 39.2 Å². The Hall–Kier alpha value is -2.87. The number of hydrogen-bond donors (Lipinski definition) is 1. The van der Waals surface area contributed by atoms with Gasteiger partial charge in [-0.15, -0.1) is 0 Å². The van der Waals surface area contributed by atoms with Crippen LogP contribution in [0.1, 0.15) is 29.8 Å². The molecule has 0 heterocycles. The normalized spacial score (nSPS) is 12.1. The van der Waals surface area contributed by atoms with Crippen molar-refractivity contribution >= 4 is 33.3 Å². The fraction of sp³-hybridized carbons (Fsp3) is 0.300. The van der Waals surface area contributed by atoms with Gasteiger partial charge in [0, 0.05) is 5.69 Å². The molecule has 0 aliphatic carbocycles. The van der Waals surface area contributed by atoms with E-state index in [4.69, 9.17) is 4.74 Å². The zero-order valence-electron chi connectivity index (χ0n) is 16.3. The number of aryl methyl sites for hydroxylation is 1. The van der Waals surface area contributed by atoms with Crippen molar-refractivity contribution in [2.24, 2.45) is 0 Å². The minimum absolute atomic E-state index is 0.242. The lowest BCUT2D eigenvalue weighted by Gasteiger charge is -2.28. The number of carbonyl (C=O) groups excluding carboxylic acids is 2. The largest absolute Gasteiger partial charge is 0.462 e. The number of rotatable bonds is 7. The first-order valence-electron chi connectivity index (χ1n) is 8.77. The van der Waals surface area contributed by atoms with Crippen LogP contribution < -0.4 is 9.62 Å². The van der Waals surface area contributed by atoms with Crippen LogP contribution in [0.2, 0.25) is 0 Å². The fourth-order valence-electron chi connectivity index (χ4n) is 2.69. The molecular formula is C20H24N2O5S. The van der Waals surface area contributed by atoms with E-state index >= 15 is 0 Å². The average Bonchev–Trinajstić information content (AvgIpc) is 2.62. The van der Waals surface area contributed by atoms with Crippen molar-refractivity contribution in [2.75, 3.05) is 22.5 Å². The second kappa shape index (κ2) is 8.88. The maximum Gasteiger partial charge on any atom is 0.338 e. The second-order valence-electron chi connectivity index (χ2n) is 6.36. The molecule has 0 saturated carbocycles. The molecule has 0 saturated heterocycles. The van der Waals surface area contributed by atoms with Crippen LogP contribution in [0, 0.1) is 6.92 Å². The quantitative estimate of drug-likeness (QED) is 0.716. The molecule has 0 bridgehead atoms. The van der Waals surface area contributed by atoms with Gasteiger partial charge in [0.15, 0.2) is 0 Å². The molecule has 1 atom stereocenters. The highest BCUT2D eigenvalue weighted by molar-refractivity contribution is 7.92. The maximum absolute atomic E-state index is 12.7. The number of hydrogen-bond acceptors (Lipinski definition) is 5. The number of carbonyl (C=O) groups is 2. The third-order valence-corrected chi connectivity index (χ3v) is 5.26. The van der Waals surface area contributed by atoms with Crippen LogP contribution in [-0.2, 0) is 19.6 Å². The summed E-state index contributed by atoms with van der Waals surface area (Å²) < 4.78 is 30.6. The molecular weight excluding hydrogens is 380 g/mol. The zero-order chi connectivity index (χ0) is 20.9. The standard InChI is InChI=1S/C20H24N2O5S/c1-5-27-20(24)16-7-6-8-17(13-16)21-19(23)15(3)22(28(4,25)26)18-11-9-14(2)10-12-18/h6-13,15H,5H2,1-4H3,(H,21,23)/t15-/m0/s1. The first-order chi connectivity index (χ1) is 13.1. The number of sulfonamides is 1. The van der Waals surface area contributed by atoms with Crippen molar-refractivity contribution in [2.45, 2.75) is 26.8 Å². The summed E-state index contributed by atoms with van der Waals surface area (Å²) in [7, 11) is -3.70. The molecule has 2 rings (SSSR count). The van der Waals surface area contributed by atoms with Crippen LogP contribution in [0.25, 0.3) is 0 Å². The van der Waals surface area contributed by atoms with Gasteiger partial charge in [-0.1, -0.05) is 23.8 Å². The summed E-state index contributed by atoms with van der Waals surface area (Å²) in [6.07, 6.45) is 1.05. The first kappa shape index (κ1) is 21.4. The van der Waals surface area contributed by atoms with E-state index < -0.39 is 27.9 Å². The number of nitrogens with one attached hydrogen (secondary N) is 1. The van der Waals surface area contributed by atoms with E-state index in [-0.39, 0.29) is 6.61 Å². The monoisotopic (exact) mass is 404 g/mol. The van der Waals surface area contributed by atoms with Crippen molar-refractivity contribution in [3.05, 3.63) is 59.7 Å². The molecule has 0 spiro atoms. The Morgan fingerprint density at radius 1 is 1.14 bits per heavy atom. The van der Waals surface area contributed by atoms with Gasteiger partial charge in [0.05, 0.1) is 24.1 Å². The van der Waals surface area contributed by atoms with Crippen molar-refractivity contribution in [3.63, 3.8) is 0 Å². The van der Waals surface area contributed by atoms with Gasteiger partial charge >= 0.3 is 5.97 Å². The molecule has 0 unspecified atom stereocenters. The van der Waals surface area contributed by atoms with E-state index in [1.54, 1.807) is 49.4 Å². The number of esters is 1. The van der Waals surface area contributed by atoms with Crippen LogP contribution in [0.4, 0.5) is 11.4 Å². The average molecular weight is 404 g/mol. The van der Waals surface area contributed by atoms with Gasteiger partial charge in [-0.3, -0.25) is 9.10 Å². The molecule has 8 heteroatoms. The highest BCUT2D eigenvalue weighted by Gasteiger charge is 2.29. The highest BCUT2D eigenvalue weighted by atomic mass is 32.2. The number of nitrogens with zero attached hydrogens (tertiary/aromatic N) is 1. The van der Waals surface area contributed by atoms with Gasteiger partial charge in [0.1, 0.15) is 6.04 Å². The number of benzene rings is 2. The van der Waals surface area contributed by atoms with Crippen molar-refractivity contribution < 1.29 is 22.7 Å². The summed E-state index contributed by atoms with van der Waals surface area (Å²) in [4.78, 5) is 24.6. The summed E-state index contributed by atoms with van der Waals surface area (Å²) in [5, 5.41) is 2.66. The maximum atomic E-state index is 12.7. The smallest absolute Gasteiger partial charge is 0.338 e. The summed E-state index contributed by atoms with van der Waals surface area (Å²) in [6.45, 7) is 5.34. The predicted molar refractivity (Wildman–Crippen MR) is 109 cm³/mol. The Balaban J connectivity index is 2.25. The van der Waals surface area contributed by atoms with E-state index in [0.717, 1.165) is 16.1 Å². The minimum atomic E-state index is -3.70. The minimum Gasteiger partial charge on any atom is -0.462 e. The summed E-state index contributed by atoms with van der Waals surface area (Å²) in [6, 6.07) is 12.2. The van der Waals surface area contributed by atoms with Crippen LogP contribution in [0.15, 0.2) is 48.5 Å². The first-order valence-corrected chi connectivity index (χ1v) is 10.6.